The molecular weight excluding hydrogens is 247 g/mol. The van der Waals surface area contributed by atoms with Crippen molar-refractivity contribution < 1.29 is 4.39 Å². The summed E-state index contributed by atoms with van der Waals surface area (Å²) in [6, 6.07) is 0. The largest absolute Gasteiger partial charge is 0.397 e. The standard InChI is InChI=1S/C9H9Cl3FN/c1-3(2)4-5(10)8(13)6(11)7(12)9(4)14/h3H,14H2,1-2H3. The van der Waals surface area contributed by atoms with Crippen LogP contribution in [0.2, 0.25) is 15.1 Å². The molecular formula is C9H9Cl3FN. The highest BCUT2D eigenvalue weighted by atomic mass is 35.5. The fourth-order valence-corrected chi connectivity index (χ4v) is 2.07. The third kappa shape index (κ3) is 1.79. The van der Waals surface area contributed by atoms with E-state index in [-0.39, 0.29) is 26.7 Å². The summed E-state index contributed by atoms with van der Waals surface area (Å²) in [5, 5.41) is -0.247. The summed E-state index contributed by atoms with van der Waals surface area (Å²) in [7, 11) is 0. The van der Waals surface area contributed by atoms with Crippen molar-refractivity contribution in [1.29, 1.82) is 0 Å². The lowest BCUT2D eigenvalue weighted by molar-refractivity contribution is 0.625. The molecule has 0 aliphatic rings. The Bertz CT molecular complexity index is 348. The molecule has 14 heavy (non-hydrogen) atoms. The first kappa shape index (κ1) is 11.9. The van der Waals surface area contributed by atoms with Gasteiger partial charge >= 0.3 is 0 Å². The van der Waals surface area contributed by atoms with Crippen LogP contribution in [0, 0.1) is 5.82 Å². The maximum absolute atomic E-state index is 13.4. The summed E-state index contributed by atoms with van der Waals surface area (Å²) >= 11 is 17.1. The van der Waals surface area contributed by atoms with Gasteiger partial charge in [0.05, 0.1) is 20.8 Å². The van der Waals surface area contributed by atoms with E-state index in [1.807, 2.05) is 13.8 Å². The molecule has 0 saturated carbocycles. The van der Waals surface area contributed by atoms with E-state index >= 15 is 0 Å². The zero-order valence-electron chi connectivity index (χ0n) is 7.67. The topological polar surface area (TPSA) is 26.0 Å². The molecule has 1 aromatic rings. The van der Waals surface area contributed by atoms with Gasteiger partial charge in [-0.25, -0.2) is 4.39 Å². The molecule has 1 aromatic carbocycles. The van der Waals surface area contributed by atoms with Crippen molar-refractivity contribution >= 4 is 40.5 Å². The van der Waals surface area contributed by atoms with E-state index in [4.69, 9.17) is 40.5 Å². The molecule has 1 rings (SSSR count). The lowest BCUT2D eigenvalue weighted by Gasteiger charge is -2.15. The van der Waals surface area contributed by atoms with E-state index in [1.54, 1.807) is 0 Å². The first-order valence-corrected chi connectivity index (χ1v) is 5.12. The Labute approximate surface area is 96.9 Å². The summed E-state index contributed by atoms with van der Waals surface area (Å²) in [5.74, 6) is -0.719. The Kier molecular flexibility index (Phi) is 3.51. The predicted molar refractivity (Wildman–Crippen MR) is 59.9 cm³/mol. The number of halogens is 4. The number of hydrogen-bond acceptors (Lipinski definition) is 1. The predicted octanol–water partition coefficient (Wildman–Crippen LogP) is 4.49. The first-order valence-electron chi connectivity index (χ1n) is 3.99. The van der Waals surface area contributed by atoms with Crippen LogP contribution < -0.4 is 5.73 Å². The fraction of sp³-hybridized carbons (Fsp3) is 0.333. The van der Waals surface area contributed by atoms with Crippen LogP contribution >= 0.6 is 34.8 Å². The van der Waals surface area contributed by atoms with Crippen LogP contribution in [0.5, 0.6) is 0 Å². The summed E-state index contributed by atoms with van der Waals surface area (Å²) in [6.07, 6.45) is 0. The highest BCUT2D eigenvalue weighted by Gasteiger charge is 2.21. The van der Waals surface area contributed by atoms with Crippen LogP contribution in [0.4, 0.5) is 10.1 Å². The molecule has 0 bridgehead atoms. The molecule has 0 unspecified atom stereocenters. The Balaban J connectivity index is 3.60. The Hall–Kier alpha value is -0.180. The Morgan fingerprint density at radius 3 is 2.00 bits per heavy atom. The Morgan fingerprint density at radius 1 is 1.07 bits per heavy atom. The van der Waals surface area contributed by atoms with Gasteiger partial charge in [0, 0.05) is 5.56 Å². The third-order valence-corrected chi connectivity index (χ3v) is 3.13. The highest BCUT2D eigenvalue weighted by Crippen LogP contribution is 2.41. The van der Waals surface area contributed by atoms with Crippen molar-refractivity contribution in [3.05, 3.63) is 26.4 Å². The number of nitrogen functional groups attached to an aromatic ring is 1. The lowest BCUT2D eigenvalue weighted by atomic mass is 10.0. The minimum absolute atomic E-state index is 0.00762. The summed E-state index contributed by atoms with van der Waals surface area (Å²) in [5.41, 5.74) is 6.43. The average molecular weight is 257 g/mol. The van der Waals surface area contributed by atoms with Gasteiger partial charge < -0.3 is 5.73 Å². The quantitative estimate of drug-likeness (QED) is 0.447. The molecule has 0 fully saturated rings. The van der Waals surface area contributed by atoms with Gasteiger partial charge in [-0.05, 0) is 5.92 Å². The van der Waals surface area contributed by atoms with Gasteiger partial charge in [-0.15, -0.1) is 0 Å². The summed E-state index contributed by atoms with van der Waals surface area (Å²) in [6.45, 7) is 3.70. The minimum atomic E-state index is -0.712. The van der Waals surface area contributed by atoms with E-state index in [2.05, 4.69) is 0 Å². The zero-order chi connectivity index (χ0) is 11.0. The molecule has 0 saturated heterocycles. The van der Waals surface area contributed by atoms with E-state index in [0.717, 1.165) is 0 Å². The van der Waals surface area contributed by atoms with E-state index in [0.29, 0.717) is 5.56 Å². The maximum atomic E-state index is 13.4. The van der Waals surface area contributed by atoms with Gasteiger partial charge in [0.2, 0.25) is 0 Å². The smallest absolute Gasteiger partial charge is 0.162 e. The van der Waals surface area contributed by atoms with E-state index in [1.165, 1.54) is 0 Å². The van der Waals surface area contributed by atoms with Crippen molar-refractivity contribution in [3.8, 4) is 0 Å². The second-order valence-corrected chi connectivity index (χ2v) is 4.37. The molecule has 78 valence electrons. The van der Waals surface area contributed by atoms with Crippen LogP contribution in [-0.4, -0.2) is 0 Å². The van der Waals surface area contributed by atoms with Gasteiger partial charge in [0.15, 0.2) is 5.82 Å². The summed E-state index contributed by atoms with van der Waals surface area (Å²) in [4.78, 5) is 0. The van der Waals surface area contributed by atoms with E-state index in [9.17, 15) is 4.39 Å². The molecule has 0 spiro atoms. The number of benzene rings is 1. The van der Waals surface area contributed by atoms with Crippen molar-refractivity contribution in [2.45, 2.75) is 19.8 Å². The van der Waals surface area contributed by atoms with Gasteiger partial charge in [-0.2, -0.15) is 0 Å². The van der Waals surface area contributed by atoms with Gasteiger partial charge in [-0.3, -0.25) is 0 Å². The number of anilines is 1. The minimum Gasteiger partial charge on any atom is -0.397 e. The Morgan fingerprint density at radius 2 is 1.57 bits per heavy atom. The molecule has 5 heteroatoms. The average Bonchev–Trinajstić information content (AvgIpc) is 2.11. The molecule has 0 aromatic heterocycles. The van der Waals surface area contributed by atoms with Crippen LogP contribution in [0.25, 0.3) is 0 Å². The molecule has 0 aliphatic heterocycles. The third-order valence-electron chi connectivity index (χ3n) is 1.92. The van der Waals surface area contributed by atoms with Crippen molar-refractivity contribution in [3.63, 3.8) is 0 Å². The number of rotatable bonds is 1. The first-order chi connectivity index (χ1) is 6.37. The maximum Gasteiger partial charge on any atom is 0.162 e. The van der Waals surface area contributed by atoms with Crippen LogP contribution in [-0.2, 0) is 0 Å². The fourth-order valence-electron chi connectivity index (χ4n) is 1.23. The van der Waals surface area contributed by atoms with Gasteiger partial charge in [0.1, 0.15) is 0 Å². The zero-order valence-corrected chi connectivity index (χ0v) is 9.93. The van der Waals surface area contributed by atoms with Crippen LogP contribution in [0.3, 0.4) is 0 Å². The molecule has 2 N–H and O–H groups in total. The summed E-state index contributed by atoms with van der Waals surface area (Å²) < 4.78 is 13.4. The van der Waals surface area contributed by atoms with Crippen LogP contribution in [0.15, 0.2) is 0 Å². The molecule has 0 radical (unpaired) electrons. The number of hydrogen-bond donors (Lipinski definition) is 1. The lowest BCUT2D eigenvalue weighted by Crippen LogP contribution is -2.01. The number of nitrogens with two attached hydrogens (primary N) is 1. The molecule has 0 heterocycles. The van der Waals surface area contributed by atoms with Crippen molar-refractivity contribution in [2.24, 2.45) is 0 Å². The van der Waals surface area contributed by atoms with Gasteiger partial charge in [0.25, 0.3) is 0 Å². The van der Waals surface area contributed by atoms with Crippen LogP contribution in [0.1, 0.15) is 25.3 Å². The monoisotopic (exact) mass is 255 g/mol. The molecule has 1 nitrogen and oxygen atoms in total. The van der Waals surface area contributed by atoms with Gasteiger partial charge in [-0.1, -0.05) is 48.7 Å². The normalized spacial score (nSPS) is 11.1. The SMILES string of the molecule is CC(C)c1c(N)c(Cl)c(Cl)c(F)c1Cl. The molecule has 0 atom stereocenters. The second-order valence-electron chi connectivity index (χ2n) is 3.24. The van der Waals surface area contributed by atoms with E-state index < -0.39 is 5.82 Å². The second kappa shape index (κ2) is 4.13. The molecule has 0 aliphatic carbocycles. The van der Waals surface area contributed by atoms with Crippen molar-refractivity contribution in [2.75, 3.05) is 5.73 Å². The molecule has 0 amide bonds. The van der Waals surface area contributed by atoms with Crippen molar-refractivity contribution in [1.82, 2.24) is 0 Å². The highest BCUT2D eigenvalue weighted by molar-refractivity contribution is 6.45.